The highest BCUT2D eigenvalue weighted by molar-refractivity contribution is 7.06. The lowest BCUT2D eigenvalue weighted by atomic mass is 9.93. The van der Waals surface area contributed by atoms with Gasteiger partial charge in [0.25, 0.3) is 0 Å². The normalized spacial score (nSPS) is 15.8. The number of ketones is 1. The number of esters is 1. The zero-order valence-corrected chi connectivity index (χ0v) is 19.3. The first-order valence-electron chi connectivity index (χ1n) is 10.4. The minimum absolute atomic E-state index is 0.155. The Bertz CT molecular complexity index is 1180. The molecule has 0 bridgehead atoms. The van der Waals surface area contributed by atoms with E-state index in [4.69, 9.17) is 14.2 Å². The van der Waals surface area contributed by atoms with Crippen molar-refractivity contribution in [3.8, 4) is 22.8 Å². The summed E-state index contributed by atoms with van der Waals surface area (Å²) in [5.41, 5.74) is 2.26. The number of hydrogen-bond donors (Lipinski definition) is 0. The van der Waals surface area contributed by atoms with Crippen LogP contribution in [0.25, 0.3) is 11.3 Å². The average molecular weight is 471 g/mol. The molecule has 7 nitrogen and oxygen atoms in total. The van der Waals surface area contributed by atoms with Gasteiger partial charge in [0.1, 0.15) is 17.3 Å². The van der Waals surface area contributed by atoms with Gasteiger partial charge in [-0.3, -0.25) is 9.69 Å². The largest absolute Gasteiger partial charge is 0.497 e. The van der Waals surface area contributed by atoms with Gasteiger partial charge >= 0.3 is 5.97 Å². The molecular formula is C24H23FN2O5S. The summed E-state index contributed by atoms with van der Waals surface area (Å²) in [6.07, 6.45) is 0. The van der Waals surface area contributed by atoms with E-state index in [2.05, 4.69) is 4.37 Å². The van der Waals surface area contributed by atoms with Gasteiger partial charge in [-0.25, -0.2) is 9.18 Å². The Morgan fingerprint density at radius 1 is 1.18 bits per heavy atom. The van der Waals surface area contributed by atoms with Crippen LogP contribution in [0, 0.1) is 5.82 Å². The monoisotopic (exact) mass is 470 g/mol. The van der Waals surface area contributed by atoms with E-state index in [0.717, 1.165) is 10.4 Å². The number of methoxy groups -OCH3 is 2. The zero-order valence-electron chi connectivity index (χ0n) is 18.5. The number of carbonyl (C=O) groups excluding carboxylic acids is 2. The Morgan fingerprint density at radius 3 is 2.61 bits per heavy atom. The fourth-order valence-electron chi connectivity index (χ4n) is 3.89. The van der Waals surface area contributed by atoms with E-state index < -0.39 is 12.0 Å². The van der Waals surface area contributed by atoms with E-state index in [1.807, 2.05) is 6.07 Å². The van der Waals surface area contributed by atoms with Crippen LogP contribution in [-0.2, 0) is 22.6 Å². The van der Waals surface area contributed by atoms with Gasteiger partial charge in [0.15, 0.2) is 11.8 Å². The van der Waals surface area contributed by atoms with Gasteiger partial charge in [-0.2, -0.15) is 4.37 Å². The number of aromatic nitrogens is 1. The molecule has 0 amide bonds. The van der Waals surface area contributed by atoms with Gasteiger partial charge in [0, 0.05) is 30.3 Å². The third-order valence-electron chi connectivity index (χ3n) is 5.46. The molecule has 33 heavy (non-hydrogen) atoms. The highest BCUT2D eigenvalue weighted by atomic mass is 32.1. The lowest BCUT2D eigenvalue weighted by molar-refractivity contribution is -0.148. The first-order chi connectivity index (χ1) is 16.0. The molecule has 0 aliphatic carbocycles. The molecule has 1 aliphatic heterocycles. The predicted octanol–water partition coefficient (Wildman–Crippen LogP) is 4.10. The van der Waals surface area contributed by atoms with Gasteiger partial charge in [-0.15, -0.1) is 0 Å². The molecule has 172 valence electrons. The van der Waals surface area contributed by atoms with Crippen LogP contribution >= 0.6 is 11.5 Å². The van der Waals surface area contributed by atoms with E-state index in [1.165, 1.54) is 23.7 Å². The molecular weight excluding hydrogens is 447 g/mol. The molecule has 0 fully saturated rings. The number of hydrogen-bond acceptors (Lipinski definition) is 8. The van der Waals surface area contributed by atoms with E-state index >= 15 is 0 Å². The summed E-state index contributed by atoms with van der Waals surface area (Å²) >= 11 is 1.20. The minimum atomic E-state index is -1.13. The molecule has 1 aromatic heterocycles. The number of halogens is 1. The van der Waals surface area contributed by atoms with Gasteiger partial charge < -0.3 is 14.2 Å². The van der Waals surface area contributed by atoms with Crippen LogP contribution in [0.5, 0.6) is 11.5 Å². The van der Waals surface area contributed by atoms with Gasteiger partial charge in [-0.1, -0.05) is 6.07 Å². The summed E-state index contributed by atoms with van der Waals surface area (Å²) in [7, 11) is 3.12. The second-order valence-corrected chi connectivity index (χ2v) is 8.30. The third-order valence-corrected chi connectivity index (χ3v) is 6.29. The van der Waals surface area contributed by atoms with Crippen LogP contribution in [-0.4, -0.2) is 47.9 Å². The summed E-state index contributed by atoms with van der Waals surface area (Å²) in [6.45, 7) is 2.47. The maximum absolute atomic E-state index is 13.6. The van der Waals surface area contributed by atoms with Crippen molar-refractivity contribution in [2.24, 2.45) is 0 Å². The second-order valence-electron chi connectivity index (χ2n) is 7.44. The highest BCUT2D eigenvalue weighted by Gasteiger charge is 2.43. The standard InChI is InChI=1S/C24H23FN2O5S/c1-4-32-24(29)22-23(28)20-19(33-26-21(20)14-5-8-16(25)9-6-14)13-27(22)12-15-7-10-17(30-2)11-18(15)31-3/h5-11,22H,4,12-13H2,1-3H3. The van der Waals surface area contributed by atoms with Crippen molar-refractivity contribution >= 4 is 23.3 Å². The summed E-state index contributed by atoms with van der Waals surface area (Å²) in [6, 6.07) is 10.1. The zero-order chi connectivity index (χ0) is 23.5. The van der Waals surface area contributed by atoms with Crippen LogP contribution in [0.15, 0.2) is 42.5 Å². The number of rotatable bonds is 7. The van der Waals surface area contributed by atoms with Crippen molar-refractivity contribution in [2.75, 3.05) is 20.8 Å². The maximum Gasteiger partial charge on any atom is 0.331 e. The Morgan fingerprint density at radius 2 is 1.94 bits per heavy atom. The van der Waals surface area contributed by atoms with E-state index in [1.54, 1.807) is 50.3 Å². The fraction of sp³-hybridized carbons (Fsp3) is 0.292. The topological polar surface area (TPSA) is 78.0 Å². The number of Topliss-reactive ketones (excluding diaryl/α,β-unsaturated/α-hetero) is 1. The number of fused-ring (bicyclic) bond motifs is 1. The molecule has 1 atom stereocenters. The molecule has 4 rings (SSSR count). The molecule has 9 heteroatoms. The molecule has 0 saturated heterocycles. The lowest BCUT2D eigenvalue weighted by Gasteiger charge is -2.33. The van der Waals surface area contributed by atoms with Gasteiger partial charge in [-0.05, 0) is 48.8 Å². The Hall–Kier alpha value is -3.30. The minimum Gasteiger partial charge on any atom is -0.497 e. The average Bonchev–Trinajstić information content (AvgIpc) is 3.24. The number of nitrogens with zero attached hydrogens (tertiary/aromatic N) is 2. The number of ether oxygens (including phenoxy) is 3. The molecule has 0 spiro atoms. The van der Waals surface area contributed by atoms with Crippen molar-refractivity contribution in [3.05, 3.63) is 64.3 Å². The molecule has 2 heterocycles. The van der Waals surface area contributed by atoms with Gasteiger partial charge in [0.05, 0.1) is 37.0 Å². The second kappa shape index (κ2) is 9.68. The molecule has 0 radical (unpaired) electrons. The molecule has 0 N–H and O–H groups in total. The Kier molecular flexibility index (Phi) is 6.71. The summed E-state index contributed by atoms with van der Waals surface area (Å²) in [5.74, 6) is -0.141. The van der Waals surface area contributed by atoms with Crippen molar-refractivity contribution in [2.45, 2.75) is 26.1 Å². The van der Waals surface area contributed by atoms with E-state index in [9.17, 15) is 14.0 Å². The number of benzene rings is 2. The third kappa shape index (κ3) is 4.46. The van der Waals surface area contributed by atoms with Crippen molar-refractivity contribution in [1.82, 2.24) is 9.27 Å². The highest BCUT2D eigenvalue weighted by Crippen LogP contribution is 2.37. The summed E-state index contributed by atoms with van der Waals surface area (Å²) in [5, 5.41) is 0. The van der Waals surface area contributed by atoms with Crippen LogP contribution in [0.4, 0.5) is 4.39 Å². The Labute approximate surface area is 194 Å². The molecule has 1 unspecified atom stereocenters. The first kappa shape index (κ1) is 22.9. The first-order valence-corrected chi connectivity index (χ1v) is 11.1. The quantitative estimate of drug-likeness (QED) is 0.380. The fourth-order valence-corrected chi connectivity index (χ4v) is 4.81. The Balaban J connectivity index is 1.73. The summed E-state index contributed by atoms with van der Waals surface area (Å²) in [4.78, 5) is 29.0. The molecule has 0 saturated carbocycles. The summed E-state index contributed by atoms with van der Waals surface area (Å²) < 4.78 is 33.9. The van der Waals surface area contributed by atoms with Crippen LogP contribution in [0.1, 0.15) is 27.7 Å². The molecule has 2 aromatic carbocycles. The number of carbonyl (C=O) groups is 2. The van der Waals surface area contributed by atoms with Crippen molar-refractivity contribution in [1.29, 1.82) is 0 Å². The van der Waals surface area contributed by atoms with Gasteiger partial charge in [0.2, 0.25) is 0 Å². The van der Waals surface area contributed by atoms with E-state index in [0.29, 0.717) is 34.9 Å². The maximum atomic E-state index is 13.6. The van der Waals surface area contributed by atoms with Crippen LogP contribution in [0.3, 0.4) is 0 Å². The smallest absolute Gasteiger partial charge is 0.331 e. The molecule has 3 aromatic rings. The molecule has 1 aliphatic rings. The van der Waals surface area contributed by atoms with Crippen molar-refractivity contribution < 1.29 is 28.2 Å². The predicted molar refractivity (Wildman–Crippen MR) is 121 cm³/mol. The SMILES string of the molecule is CCOC(=O)C1C(=O)c2c(-c3ccc(F)cc3)nsc2CN1Cc1ccc(OC)cc1OC. The van der Waals surface area contributed by atoms with Crippen LogP contribution in [0.2, 0.25) is 0 Å². The van der Waals surface area contributed by atoms with Crippen LogP contribution < -0.4 is 9.47 Å². The van der Waals surface area contributed by atoms with E-state index in [-0.39, 0.29) is 24.8 Å². The lowest BCUT2D eigenvalue weighted by Crippen LogP contribution is -2.50. The van der Waals surface area contributed by atoms with Crippen molar-refractivity contribution in [3.63, 3.8) is 0 Å².